The van der Waals surface area contributed by atoms with Gasteiger partial charge in [0.25, 0.3) is 0 Å². The molecule has 8 heavy (non-hydrogen) atoms. The molecule has 1 aliphatic heterocycles. The van der Waals surface area contributed by atoms with Crippen LogP contribution in [0.5, 0.6) is 0 Å². The molecule has 46 valence electrons. The van der Waals surface area contributed by atoms with Gasteiger partial charge in [0.1, 0.15) is 0 Å². The average molecular weight is 135 g/mol. The summed E-state index contributed by atoms with van der Waals surface area (Å²) in [6.07, 6.45) is 2.20. The summed E-state index contributed by atoms with van der Waals surface area (Å²) in [5, 5.41) is 0. The molecule has 1 fully saturated rings. The fraction of sp³-hybridized carbons (Fsp3) is 0.800. The molecule has 0 aromatic rings. The lowest BCUT2D eigenvalue weighted by Gasteiger charge is -2.15. The van der Waals surface area contributed by atoms with Crippen LogP contribution in [0.15, 0.2) is 0 Å². The van der Waals surface area contributed by atoms with Crippen LogP contribution >= 0.6 is 11.6 Å². The summed E-state index contributed by atoms with van der Waals surface area (Å²) in [6.45, 7) is 0. The molecule has 0 spiro atoms. The number of halogens is 1. The number of carbonyl (C=O) groups is 1. The fourth-order valence-electron chi connectivity index (χ4n) is 0.667. The molecule has 0 radical (unpaired) electrons. The third-order valence-corrected chi connectivity index (χ3v) is 1.38. The van der Waals surface area contributed by atoms with Gasteiger partial charge in [-0.2, -0.15) is 0 Å². The summed E-state index contributed by atoms with van der Waals surface area (Å²) in [4.78, 5) is 10.4. The van der Waals surface area contributed by atoms with E-state index < -0.39 is 0 Å². The highest BCUT2D eigenvalue weighted by Gasteiger charge is 2.16. The van der Waals surface area contributed by atoms with Crippen molar-refractivity contribution in [2.24, 2.45) is 0 Å². The largest absolute Gasteiger partial charge is 0.446 e. The smallest absolute Gasteiger partial charge is 0.307 e. The second-order valence-corrected chi connectivity index (χ2v) is 2.28. The first-order valence-corrected chi connectivity index (χ1v) is 3.06. The van der Waals surface area contributed by atoms with Gasteiger partial charge < -0.3 is 4.74 Å². The molecule has 0 aromatic carbocycles. The van der Waals surface area contributed by atoms with Crippen molar-refractivity contribution < 1.29 is 9.53 Å². The first-order valence-electron chi connectivity index (χ1n) is 2.62. The van der Waals surface area contributed by atoms with Gasteiger partial charge in [-0.3, -0.25) is 4.79 Å². The van der Waals surface area contributed by atoms with Gasteiger partial charge in [0, 0.05) is 6.42 Å². The molecule has 2 nitrogen and oxygen atoms in total. The summed E-state index contributed by atoms with van der Waals surface area (Å²) >= 11 is 5.47. The van der Waals surface area contributed by atoms with E-state index in [0.717, 1.165) is 12.8 Å². The SMILES string of the molecule is O=C1CCCC(Cl)O1. The summed E-state index contributed by atoms with van der Waals surface area (Å²) in [5.74, 6) is -0.170. The molecular formula is C5H7ClO2. The molecule has 1 heterocycles. The van der Waals surface area contributed by atoms with Crippen LogP contribution in [0.3, 0.4) is 0 Å². The molecule has 1 rings (SSSR count). The third-order valence-electron chi connectivity index (χ3n) is 1.07. The molecule has 1 aliphatic rings. The number of carbonyl (C=O) groups excluding carboxylic acids is 1. The summed E-state index contributed by atoms with van der Waals surface area (Å²) < 4.78 is 4.61. The normalized spacial score (nSPS) is 29.6. The molecule has 1 saturated heterocycles. The van der Waals surface area contributed by atoms with Crippen LogP contribution in [-0.2, 0) is 9.53 Å². The number of esters is 1. The number of rotatable bonds is 0. The van der Waals surface area contributed by atoms with Gasteiger partial charge in [-0.05, 0) is 12.8 Å². The van der Waals surface area contributed by atoms with E-state index in [1.54, 1.807) is 0 Å². The lowest BCUT2D eigenvalue weighted by atomic mass is 10.2. The first-order chi connectivity index (χ1) is 3.79. The molecular weight excluding hydrogens is 128 g/mol. The molecule has 0 saturated carbocycles. The number of ether oxygens (including phenoxy) is 1. The highest BCUT2D eigenvalue weighted by Crippen LogP contribution is 2.16. The molecule has 3 heteroatoms. The van der Waals surface area contributed by atoms with Crippen LogP contribution in [0.25, 0.3) is 0 Å². The Morgan fingerprint density at radius 3 is 2.88 bits per heavy atom. The van der Waals surface area contributed by atoms with Crippen molar-refractivity contribution in [1.29, 1.82) is 0 Å². The number of hydrogen-bond donors (Lipinski definition) is 0. The second-order valence-electron chi connectivity index (χ2n) is 1.79. The van der Waals surface area contributed by atoms with E-state index >= 15 is 0 Å². The third kappa shape index (κ3) is 1.37. The number of alkyl halides is 1. The minimum atomic E-state index is -0.365. The van der Waals surface area contributed by atoms with Crippen LogP contribution in [0, 0.1) is 0 Å². The van der Waals surface area contributed by atoms with Crippen LogP contribution in [0.1, 0.15) is 19.3 Å². The maximum Gasteiger partial charge on any atom is 0.307 e. The standard InChI is InChI=1S/C5H7ClO2/c6-4-2-1-3-5(7)8-4/h4H,1-3H2. The predicted molar refractivity (Wildman–Crippen MR) is 29.6 cm³/mol. The van der Waals surface area contributed by atoms with E-state index in [1.807, 2.05) is 0 Å². The number of cyclic esters (lactones) is 1. The van der Waals surface area contributed by atoms with Gasteiger partial charge in [0.15, 0.2) is 5.56 Å². The molecule has 1 unspecified atom stereocenters. The van der Waals surface area contributed by atoms with E-state index in [9.17, 15) is 4.79 Å². The number of hydrogen-bond acceptors (Lipinski definition) is 2. The zero-order chi connectivity index (χ0) is 5.98. The fourth-order valence-corrected chi connectivity index (χ4v) is 0.921. The molecule has 0 N–H and O–H groups in total. The van der Waals surface area contributed by atoms with Gasteiger partial charge in [0.2, 0.25) is 0 Å². The van der Waals surface area contributed by atoms with Gasteiger partial charge in [0.05, 0.1) is 0 Å². The molecule has 0 bridgehead atoms. The van der Waals surface area contributed by atoms with Crippen molar-refractivity contribution in [3.05, 3.63) is 0 Å². The van der Waals surface area contributed by atoms with Crippen LogP contribution in [0.4, 0.5) is 0 Å². The Kier molecular flexibility index (Phi) is 1.73. The Hall–Kier alpha value is -0.240. The van der Waals surface area contributed by atoms with Gasteiger partial charge in [-0.25, -0.2) is 0 Å². The van der Waals surface area contributed by atoms with Crippen molar-refractivity contribution in [3.63, 3.8) is 0 Å². The molecule has 0 amide bonds. The Morgan fingerprint density at radius 1 is 1.75 bits per heavy atom. The van der Waals surface area contributed by atoms with E-state index in [0.29, 0.717) is 6.42 Å². The van der Waals surface area contributed by atoms with Crippen molar-refractivity contribution in [2.75, 3.05) is 0 Å². The lowest BCUT2D eigenvalue weighted by molar-refractivity contribution is -0.148. The van der Waals surface area contributed by atoms with Crippen molar-refractivity contribution in [2.45, 2.75) is 24.8 Å². The maximum atomic E-state index is 10.4. The Bertz CT molecular complexity index is 103. The monoisotopic (exact) mass is 134 g/mol. The van der Waals surface area contributed by atoms with Crippen molar-refractivity contribution in [3.8, 4) is 0 Å². The van der Waals surface area contributed by atoms with Crippen LogP contribution < -0.4 is 0 Å². The highest BCUT2D eigenvalue weighted by molar-refractivity contribution is 6.20. The lowest BCUT2D eigenvalue weighted by Crippen LogP contribution is -2.17. The minimum Gasteiger partial charge on any atom is -0.446 e. The zero-order valence-electron chi connectivity index (χ0n) is 4.39. The Morgan fingerprint density at radius 2 is 2.50 bits per heavy atom. The predicted octanol–water partition coefficient (Wildman–Crippen LogP) is 1.28. The van der Waals surface area contributed by atoms with Gasteiger partial charge in [-0.1, -0.05) is 11.6 Å². The van der Waals surface area contributed by atoms with Crippen LogP contribution in [-0.4, -0.2) is 11.5 Å². The van der Waals surface area contributed by atoms with Crippen LogP contribution in [0.2, 0.25) is 0 Å². The second kappa shape index (κ2) is 2.35. The summed E-state index contributed by atoms with van der Waals surface area (Å²) in [6, 6.07) is 0. The Balaban J connectivity index is 2.34. The zero-order valence-corrected chi connectivity index (χ0v) is 5.15. The van der Waals surface area contributed by atoms with Crippen molar-refractivity contribution >= 4 is 17.6 Å². The van der Waals surface area contributed by atoms with Gasteiger partial charge >= 0.3 is 5.97 Å². The quantitative estimate of drug-likeness (QED) is 0.369. The van der Waals surface area contributed by atoms with E-state index in [2.05, 4.69) is 4.74 Å². The molecule has 0 aliphatic carbocycles. The van der Waals surface area contributed by atoms with E-state index in [4.69, 9.17) is 11.6 Å². The van der Waals surface area contributed by atoms with Crippen molar-refractivity contribution in [1.82, 2.24) is 0 Å². The first kappa shape index (κ1) is 5.89. The molecule has 0 aromatic heterocycles. The van der Waals surface area contributed by atoms with E-state index in [1.165, 1.54) is 0 Å². The molecule has 1 atom stereocenters. The Labute approximate surface area is 52.8 Å². The topological polar surface area (TPSA) is 26.3 Å². The van der Waals surface area contributed by atoms with E-state index in [-0.39, 0.29) is 11.5 Å². The minimum absolute atomic E-state index is 0.170. The maximum absolute atomic E-state index is 10.4. The summed E-state index contributed by atoms with van der Waals surface area (Å²) in [7, 11) is 0. The summed E-state index contributed by atoms with van der Waals surface area (Å²) in [5.41, 5.74) is -0.365. The average Bonchev–Trinajstić information content (AvgIpc) is 1.64. The highest BCUT2D eigenvalue weighted by atomic mass is 35.5. The van der Waals surface area contributed by atoms with Gasteiger partial charge in [-0.15, -0.1) is 0 Å².